The van der Waals surface area contributed by atoms with E-state index in [4.69, 9.17) is 0 Å². The number of para-hydroxylation sites is 3. The summed E-state index contributed by atoms with van der Waals surface area (Å²) in [7, 11) is 0. The normalized spacial score (nSPS) is 11.4. The van der Waals surface area contributed by atoms with Crippen molar-refractivity contribution in [1.29, 1.82) is 0 Å². The zero-order valence-corrected chi connectivity index (χ0v) is 35.7. The first kappa shape index (κ1) is 37.6. The Kier molecular flexibility index (Phi) is 9.36. The van der Waals surface area contributed by atoms with Crippen LogP contribution in [0.5, 0.6) is 0 Å². The lowest BCUT2D eigenvalue weighted by Crippen LogP contribution is -2.10. The van der Waals surface area contributed by atoms with Crippen molar-refractivity contribution in [2.45, 2.75) is 0 Å². The minimum atomic E-state index is 1.09. The Morgan fingerprint density at radius 3 is 1.36 bits per heavy atom. The summed E-state index contributed by atoms with van der Waals surface area (Å²) in [5.74, 6) is 0. The van der Waals surface area contributed by atoms with Crippen molar-refractivity contribution >= 4 is 87.4 Å². The van der Waals surface area contributed by atoms with Crippen molar-refractivity contribution in [3.8, 4) is 27.9 Å². The van der Waals surface area contributed by atoms with Crippen LogP contribution in [0, 0.1) is 0 Å². The average Bonchev–Trinajstić information content (AvgIpc) is 3.92. The van der Waals surface area contributed by atoms with Gasteiger partial charge in [0, 0.05) is 70.8 Å². The summed E-state index contributed by atoms with van der Waals surface area (Å²) in [6.07, 6.45) is 0. The Labute approximate surface area is 376 Å². The van der Waals surface area contributed by atoms with Crippen LogP contribution in [0.1, 0.15) is 0 Å². The minimum absolute atomic E-state index is 1.09. The summed E-state index contributed by atoms with van der Waals surface area (Å²) in [5, 5.41) is 5.07. The van der Waals surface area contributed by atoms with Crippen LogP contribution in [-0.4, -0.2) is 4.57 Å². The lowest BCUT2D eigenvalue weighted by molar-refractivity contribution is 1.17. The molecule has 64 heavy (non-hydrogen) atoms. The quantitative estimate of drug-likeness (QED) is 0.143. The molecule has 4 heteroatoms. The third kappa shape index (κ3) is 6.60. The second kappa shape index (κ2) is 15.9. The maximum Gasteiger partial charge on any atom is 0.0555 e. The van der Waals surface area contributed by atoms with E-state index in [0.717, 1.165) is 45.3 Å². The van der Waals surface area contributed by atoms with E-state index in [0.29, 0.717) is 0 Å². The highest BCUT2D eigenvalue weighted by molar-refractivity contribution is 7.26. The first-order chi connectivity index (χ1) is 31.7. The average molecular weight is 836 g/mol. The van der Waals surface area contributed by atoms with Crippen LogP contribution in [-0.2, 0) is 0 Å². The van der Waals surface area contributed by atoms with Gasteiger partial charge in [-0.2, -0.15) is 0 Å². The highest BCUT2D eigenvalue weighted by Gasteiger charge is 2.22. The molecule has 0 saturated heterocycles. The van der Waals surface area contributed by atoms with Crippen molar-refractivity contribution < 1.29 is 0 Å². The van der Waals surface area contributed by atoms with Gasteiger partial charge in [-0.15, -0.1) is 11.3 Å². The number of rotatable bonds is 9. The number of hydrogen-bond donors (Lipinski definition) is 0. The number of nitrogens with zero attached hydrogens (tertiary/aromatic N) is 3. The molecule has 0 atom stereocenters. The van der Waals surface area contributed by atoms with E-state index < -0.39 is 0 Å². The standard InChI is InChI=1S/C60H41N3S/c1-5-16-42(17-6-1)43-28-30-44(31-29-43)45-32-34-49(35-33-45)62(48-22-11-4-12-23-48)52-36-38-56-55(41-52)59-57(39-37-54-53-26-13-14-27-58(53)64-60(54)59)63(56)51-25-15-24-50(40-51)61(46-18-7-2-8-19-46)47-20-9-3-10-21-47/h1-41H. The van der Waals surface area contributed by atoms with E-state index in [2.05, 4.69) is 263 Å². The van der Waals surface area contributed by atoms with Crippen LogP contribution in [0.15, 0.2) is 249 Å². The van der Waals surface area contributed by atoms with E-state index in [1.807, 2.05) is 11.3 Å². The summed E-state index contributed by atoms with van der Waals surface area (Å²) < 4.78 is 5.06. The van der Waals surface area contributed by atoms with Gasteiger partial charge in [-0.25, -0.2) is 0 Å². The molecule has 10 aromatic carbocycles. The van der Waals surface area contributed by atoms with Gasteiger partial charge in [-0.1, -0.05) is 152 Å². The maximum absolute atomic E-state index is 2.46. The zero-order chi connectivity index (χ0) is 42.4. The molecule has 12 rings (SSSR count). The van der Waals surface area contributed by atoms with Gasteiger partial charge in [0.25, 0.3) is 0 Å². The van der Waals surface area contributed by atoms with Crippen molar-refractivity contribution in [3.63, 3.8) is 0 Å². The summed E-state index contributed by atoms with van der Waals surface area (Å²) in [6, 6.07) is 89.9. The molecule has 2 aromatic heterocycles. The molecule has 0 saturated carbocycles. The first-order valence-electron chi connectivity index (χ1n) is 21.8. The number of thiophene rings is 1. The monoisotopic (exact) mass is 835 g/mol. The highest BCUT2D eigenvalue weighted by Crippen LogP contribution is 2.46. The molecule has 0 fully saturated rings. The SMILES string of the molecule is c1ccc(-c2ccc(-c3ccc(N(c4ccccc4)c4ccc5c(c4)c4c6sc7ccccc7c6ccc4n5-c4cccc(N(c5ccccc5)c5ccccc5)c4)cc3)cc2)cc1. The van der Waals surface area contributed by atoms with Crippen LogP contribution in [0.3, 0.4) is 0 Å². The fourth-order valence-corrected chi connectivity index (χ4v) is 10.6. The lowest BCUT2D eigenvalue weighted by Gasteiger charge is -2.26. The van der Waals surface area contributed by atoms with Crippen LogP contribution < -0.4 is 9.80 Å². The van der Waals surface area contributed by atoms with Gasteiger partial charge in [0.15, 0.2) is 0 Å². The first-order valence-corrected chi connectivity index (χ1v) is 22.6. The lowest BCUT2D eigenvalue weighted by atomic mass is 10.00. The molecule has 0 aliphatic heterocycles. The third-order valence-electron chi connectivity index (χ3n) is 12.4. The van der Waals surface area contributed by atoms with Gasteiger partial charge < -0.3 is 14.4 Å². The molecule has 0 aliphatic carbocycles. The highest BCUT2D eigenvalue weighted by atomic mass is 32.1. The topological polar surface area (TPSA) is 11.4 Å². The van der Waals surface area contributed by atoms with Crippen molar-refractivity contribution in [1.82, 2.24) is 4.57 Å². The van der Waals surface area contributed by atoms with E-state index in [1.165, 1.54) is 58.7 Å². The van der Waals surface area contributed by atoms with Gasteiger partial charge in [-0.3, -0.25) is 0 Å². The summed E-state index contributed by atoms with van der Waals surface area (Å²) in [4.78, 5) is 4.72. The molecule has 0 N–H and O–H groups in total. The van der Waals surface area contributed by atoms with Gasteiger partial charge >= 0.3 is 0 Å². The Hall–Kier alpha value is -8.18. The summed E-state index contributed by atoms with van der Waals surface area (Å²) in [5.41, 5.74) is 14.9. The molecular weight excluding hydrogens is 795 g/mol. The van der Waals surface area contributed by atoms with E-state index >= 15 is 0 Å². The predicted octanol–water partition coefficient (Wildman–Crippen LogP) is 17.4. The van der Waals surface area contributed by atoms with Crippen molar-refractivity contribution in [3.05, 3.63) is 249 Å². The molecule has 12 aromatic rings. The fourth-order valence-electron chi connectivity index (χ4n) is 9.38. The molecule has 2 heterocycles. The number of aromatic nitrogens is 1. The fraction of sp³-hybridized carbons (Fsp3) is 0. The van der Waals surface area contributed by atoms with Crippen molar-refractivity contribution in [2.75, 3.05) is 9.80 Å². The molecule has 0 unspecified atom stereocenters. The van der Waals surface area contributed by atoms with Gasteiger partial charge in [0.2, 0.25) is 0 Å². The van der Waals surface area contributed by atoms with Gasteiger partial charge in [0.05, 0.1) is 11.0 Å². The minimum Gasteiger partial charge on any atom is -0.310 e. The van der Waals surface area contributed by atoms with E-state index in [1.54, 1.807) is 0 Å². The zero-order valence-electron chi connectivity index (χ0n) is 34.9. The van der Waals surface area contributed by atoms with E-state index in [-0.39, 0.29) is 0 Å². The van der Waals surface area contributed by atoms with Gasteiger partial charge in [0.1, 0.15) is 0 Å². The number of fused-ring (bicyclic) bond motifs is 7. The van der Waals surface area contributed by atoms with Crippen molar-refractivity contribution in [2.24, 2.45) is 0 Å². The third-order valence-corrected chi connectivity index (χ3v) is 13.6. The summed E-state index contributed by atoms with van der Waals surface area (Å²) in [6.45, 7) is 0. The molecule has 3 nitrogen and oxygen atoms in total. The molecule has 0 aliphatic rings. The van der Waals surface area contributed by atoms with Crippen LogP contribution in [0.25, 0.3) is 69.9 Å². The molecule has 0 radical (unpaired) electrons. The number of benzene rings is 10. The number of hydrogen-bond acceptors (Lipinski definition) is 3. The van der Waals surface area contributed by atoms with E-state index in [9.17, 15) is 0 Å². The Bertz CT molecular complexity index is 3540. The van der Waals surface area contributed by atoms with Gasteiger partial charge in [-0.05, 0) is 119 Å². The Morgan fingerprint density at radius 1 is 0.297 bits per heavy atom. The maximum atomic E-state index is 2.46. The smallest absolute Gasteiger partial charge is 0.0555 e. The molecular formula is C60H41N3S. The molecule has 0 bridgehead atoms. The Balaban J connectivity index is 1.02. The van der Waals surface area contributed by atoms with Crippen LogP contribution in [0.4, 0.5) is 34.1 Å². The second-order valence-corrected chi connectivity index (χ2v) is 17.2. The molecule has 0 amide bonds. The predicted molar refractivity (Wildman–Crippen MR) is 274 cm³/mol. The van der Waals surface area contributed by atoms with Crippen LogP contribution >= 0.6 is 11.3 Å². The largest absolute Gasteiger partial charge is 0.310 e. The molecule has 0 spiro atoms. The number of anilines is 6. The summed E-state index contributed by atoms with van der Waals surface area (Å²) >= 11 is 1.89. The second-order valence-electron chi connectivity index (χ2n) is 16.2. The Morgan fingerprint density at radius 2 is 0.750 bits per heavy atom. The van der Waals surface area contributed by atoms with Crippen LogP contribution in [0.2, 0.25) is 0 Å². The molecule has 302 valence electrons.